The molecular weight excluding hydrogens is 522 g/mol. The number of imide groups is 1. The number of aromatic hydroxyl groups is 1. The summed E-state index contributed by atoms with van der Waals surface area (Å²) in [4.78, 5) is 26.1. The van der Waals surface area contributed by atoms with Gasteiger partial charge in [-0.15, -0.1) is 0 Å². The van der Waals surface area contributed by atoms with Crippen molar-refractivity contribution in [1.29, 1.82) is 0 Å². The lowest BCUT2D eigenvalue weighted by Gasteiger charge is -2.13. The van der Waals surface area contributed by atoms with Gasteiger partial charge in [0.25, 0.3) is 11.1 Å². The SMILES string of the molecule is O=C1S/C(=C\c2cc(Br)c(O)c(Br)c2)C(=O)N1CCOc1ccc(Cl)cc1. The molecule has 1 N–H and O–H groups in total. The number of benzene rings is 2. The quantitative estimate of drug-likeness (QED) is 0.501. The summed E-state index contributed by atoms with van der Waals surface area (Å²) in [7, 11) is 0. The highest BCUT2D eigenvalue weighted by atomic mass is 79.9. The number of phenols is 1. The number of hydrogen-bond donors (Lipinski definition) is 1. The summed E-state index contributed by atoms with van der Waals surface area (Å²) < 4.78 is 6.51. The first kappa shape index (κ1) is 20.3. The second-order valence-electron chi connectivity index (χ2n) is 5.47. The van der Waals surface area contributed by atoms with Gasteiger partial charge in [0.2, 0.25) is 0 Å². The van der Waals surface area contributed by atoms with Crippen LogP contribution in [-0.4, -0.2) is 34.3 Å². The summed E-state index contributed by atoms with van der Waals surface area (Å²) in [6.07, 6.45) is 1.61. The summed E-state index contributed by atoms with van der Waals surface area (Å²) in [6, 6.07) is 10.2. The number of ether oxygens (including phenoxy) is 1. The van der Waals surface area contributed by atoms with Gasteiger partial charge in [0.1, 0.15) is 18.1 Å². The van der Waals surface area contributed by atoms with Crippen LogP contribution in [0.4, 0.5) is 4.79 Å². The molecule has 2 amide bonds. The van der Waals surface area contributed by atoms with Crippen LogP contribution in [0.25, 0.3) is 6.08 Å². The Morgan fingerprint density at radius 1 is 1.15 bits per heavy atom. The molecule has 2 aromatic carbocycles. The van der Waals surface area contributed by atoms with Crippen LogP contribution in [0.2, 0.25) is 5.02 Å². The topological polar surface area (TPSA) is 66.8 Å². The Bertz CT molecular complexity index is 910. The minimum absolute atomic E-state index is 0.0691. The molecule has 1 saturated heterocycles. The van der Waals surface area contributed by atoms with Gasteiger partial charge in [-0.05, 0) is 91.7 Å². The van der Waals surface area contributed by atoms with E-state index in [2.05, 4.69) is 31.9 Å². The third kappa shape index (κ3) is 4.87. The molecule has 1 aliphatic rings. The van der Waals surface area contributed by atoms with E-state index in [0.717, 1.165) is 16.7 Å². The molecule has 0 bridgehead atoms. The van der Waals surface area contributed by atoms with E-state index >= 15 is 0 Å². The van der Waals surface area contributed by atoms with Crippen molar-refractivity contribution in [1.82, 2.24) is 4.90 Å². The van der Waals surface area contributed by atoms with Crippen molar-refractivity contribution in [3.05, 3.63) is 60.8 Å². The molecule has 140 valence electrons. The second kappa shape index (κ2) is 8.68. The Morgan fingerprint density at radius 3 is 2.41 bits per heavy atom. The maximum Gasteiger partial charge on any atom is 0.293 e. The molecule has 9 heteroatoms. The molecule has 1 aliphatic heterocycles. The van der Waals surface area contributed by atoms with Gasteiger partial charge in [-0.25, -0.2) is 0 Å². The number of amides is 2. The summed E-state index contributed by atoms with van der Waals surface area (Å²) in [6.45, 7) is 0.330. The van der Waals surface area contributed by atoms with Crippen LogP contribution in [0, 0.1) is 0 Å². The van der Waals surface area contributed by atoms with Gasteiger partial charge in [-0.3, -0.25) is 14.5 Å². The van der Waals surface area contributed by atoms with Gasteiger partial charge in [0.05, 0.1) is 20.4 Å². The standard InChI is InChI=1S/C18H12Br2ClNO4S/c19-13-7-10(8-14(20)16(13)23)9-15-17(24)22(18(25)27-15)5-6-26-12-3-1-11(21)2-4-12/h1-4,7-9,23H,5-6H2/b15-9-. The number of rotatable bonds is 5. The normalized spacial score (nSPS) is 15.7. The highest BCUT2D eigenvalue weighted by molar-refractivity contribution is 9.11. The van der Waals surface area contributed by atoms with Gasteiger partial charge < -0.3 is 9.84 Å². The fraction of sp³-hybridized carbons (Fsp3) is 0.111. The first-order valence-corrected chi connectivity index (χ1v) is 10.4. The van der Waals surface area contributed by atoms with Gasteiger partial charge in [-0.1, -0.05) is 11.6 Å². The summed E-state index contributed by atoms with van der Waals surface area (Å²) >= 11 is 13.2. The summed E-state index contributed by atoms with van der Waals surface area (Å²) in [5.74, 6) is 0.310. The van der Waals surface area contributed by atoms with E-state index in [9.17, 15) is 14.7 Å². The van der Waals surface area contributed by atoms with E-state index in [1.54, 1.807) is 42.5 Å². The molecule has 0 unspecified atom stereocenters. The van der Waals surface area contributed by atoms with E-state index in [1.807, 2.05) is 0 Å². The van der Waals surface area contributed by atoms with E-state index in [0.29, 0.717) is 30.2 Å². The largest absolute Gasteiger partial charge is 0.506 e. The maximum absolute atomic E-state index is 12.5. The molecule has 1 fully saturated rings. The van der Waals surface area contributed by atoms with Crippen molar-refractivity contribution in [3.63, 3.8) is 0 Å². The number of nitrogens with zero attached hydrogens (tertiary/aromatic N) is 1. The third-order valence-corrected chi connectivity index (χ3v) is 5.98. The van der Waals surface area contributed by atoms with E-state index in [-0.39, 0.29) is 30.0 Å². The Morgan fingerprint density at radius 2 is 1.78 bits per heavy atom. The van der Waals surface area contributed by atoms with Gasteiger partial charge in [0, 0.05) is 5.02 Å². The fourth-order valence-corrected chi connectivity index (χ4v) is 4.51. The van der Waals surface area contributed by atoms with Crippen LogP contribution in [0.3, 0.4) is 0 Å². The molecule has 2 aromatic rings. The van der Waals surface area contributed by atoms with E-state index < -0.39 is 0 Å². The summed E-state index contributed by atoms with van der Waals surface area (Å²) in [5.41, 5.74) is 0.675. The Kier molecular flexibility index (Phi) is 6.52. The van der Waals surface area contributed by atoms with Crippen LogP contribution in [0.15, 0.2) is 50.2 Å². The molecule has 0 aliphatic carbocycles. The average Bonchev–Trinajstić information content (AvgIpc) is 2.88. The molecule has 5 nitrogen and oxygen atoms in total. The van der Waals surface area contributed by atoms with E-state index in [4.69, 9.17) is 16.3 Å². The lowest BCUT2D eigenvalue weighted by Crippen LogP contribution is -2.32. The zero-order valence-electron chi connectivity index (χ0n) is 13.6. The molecule has 3 rings (SSSR count). The van der Waals surface area contributed by atoms with Crippen molar-refractivity contribution in [3.8, 4) is 11.5 Å². The first-order valence-electron chi connectivity index (χ1n) is 7.67. The zero-order chi connectivity index (χ0) is 19.6. The van der Waals surface area contributed by atoms with Crippen molar-refractivity contribution in [2.45, 2.75) is 0 Å². The fourth-order valence-electron chi connectivity index (χ4n) is 2.30. The van der Waals surface area contributed by atoms with Crippen molar-refractivity contribution in [2.24, 2.45) is 0 Å². The van der Waals surface area contributed by atoms with Crippen molar-refractivity contribution < 1.29 is 19.4 Å². The van der Waals surface area contributed by atoms with Crippen LogP contribution in [0.1, 0.15) is 5.56 Å². The Balaban J connectivity index is 1.66. The Labute approximate surface area is 181 Å². The average molecular weight is 534 g/mol. The van der Waals surface area contributed by atoms with Crippen LogP contribution in [0.5, 0.6) is 11.5 Å². The minimum Gasteiger partial charge on any atom is -0.506 e. The van der Waals surface area contributed by atoms with Gasteiger partial charge >= 0.3 is 0 Å². The number of thioether (sulfide) groups is 1. The molecule has 0 saturated carbocycles. The summed E-state index contributed by atoms with van der Waals surface area (Å²) in [5, 5.41) is 10.0. The second-order valence-corrected chi connectivity index (χ2v) is 8.61. The van der Waals surface area contributed by atoms with Crippen LogP contribution >= 0.6 is 55.2 Å². The molecule has 0 radical (unpaired) electrons. The van der Waals surface area contributed by atoms with Crippen molar-refractivity contribution >= 4 is 72.4 Å². The molecule has 0 atom stereocenters. The highest BCUT2D eigenvalue weighted by Gasteiger charge is 2.34. The molecule has 0 aromatic heterocycles. The number of halogens is 3. The predicted octanol–water partition coefficient (Wildman–Crippen LogP) is 5.69. The predicted molar refractivity (Wildman–Crippen MR) is 113 cm³/mol. The van der Waals surface area contributed by atoms with E-state index in [1.165, 1.54) is 0 Å². The van der Waals surface area contributed by atoms with Crippen LogP contribution in [-0.2, 0) is 4.79 Å². The smallest absolute Gasteiger partial charge is 0.293 e. The number of carbonyl (C=O) groups excluding carboxylic acids is 2. The highest BCUT2D eigenvalue weighted by Crippen LogP contribution is 2.36. The van der Waals surface area contributed by atoms with Gasteiger partial charge in [0.15, 0.2) is 0 Å². The minimum atomic E-state index is -0.370. The monoisotopic (exact) mass is 531 g/mol. The molecule has 27 heavy (non-hydrogen) atoms. The zero-order valence-corrected chi connectivity index (χ0v) is 18.4. The van der Waals surface area contributed by atoms with Gasteiger partial charge in [-0.2, -0.15) is 0 Å². The first-order chi connectivity index (χ1) is 12.8. The number of carbonyl (C=O) groups is 2. The Hall–Kier alpha value is -1.48. The molecule has 0 spiro atoms. The third-order valence-electron chi connectivity index (χ3n) is 3.61. The van der Waals surface area contributed by atoms with Crippen molar-refractivity contribution in [2.75, 3.05) is 13.2 Å². The van der Waals surface area contributed by atoms with Crippen LogP contribution < -0.4 is 4.74 Å². The molecule has 1 heterocycles. The lowest BCUT2D eigenvalue weighted by atomic mass is 10.2. The number of hydrogen-bond acceptors (Lipinski definition) is 5. The lowest BCUT2D eigenvalue weighted by molar-refractivity contribution is -0.123. The number of phenolic OH excluding ortho intramolecular Hbond substituents is 1. The maximum atomic E-state index is 12.5. The molecular formula is C18H12Br2ClNO4S.